The third kappa shape index (κ3) is 4.45. The molecule has 0 aliphatic carbocycles. The number of amides is 1. The molecule has 134 valence electrons. The lowest BCUT2D eigenvalue weighted by Gasteiger charge is -2.12. The summed E-state index contributed by atoms with van der Waals surface area (Å²) in [6, 6.07) is 14.0. The second-order valence-corrected chi connectivity index (χ2v) is 8.19. The van der Waals surface area contributed by atoms with Crippen LogP contribution in [0.1, 0.15) is 17.0 Å². The summed E-state index contributed by atoms with van der Waals surface area (Å²) < 4.78 is 3.14. The fourth-order valence-electron chi connectivity index (χ4n) is 2.53. The number of hydrogen-bond donors (Lipinski definition) is 1. The van der Waals surface area contributed by atoms with Gasteiger partial charge in [-0.2, -0.15) is 0 Å². The van der Waals surface area contributed by atoms with E-state index >= 15 is 0 Å². The number of hydrogen-bond acceptors (Lipinski definition) is 4. The number of anilines is 1. The second-order valence-electron chi connectivity index (χ2n) is 6.00. The first-order valence-corrected chi connectivity index (χ1v) is 10.2. The Labute approximate surface area is 170 Å². The maximum atomic E-state index is 12.3. The van der Waals surface area contributed by atoms with Crippen LogP contribution in [0.25, 0.3) is 5.69 Å². The molecule has 7 heteroatoms. The molecule has 0 aliphatic heterocycles. The van der Waals surface area contributed by atoms with Crippen LogP contribution in [0.3, 0.4) is 0 Å². The van der Waals surface area contributed by atoms with Crippen molar-refractivity contribution in [1.29, 1.82) is 0 Å². The number of carbonyl (C=O) groups is 1. The average molecular weight is 478 g/mol. The number of benzene rings is 2. The monoisotopic (exact) mass is 478 g/mol. The van der Waals surface area contributed by atoms with Crippen LogP contribution in [0.15, 0.2) is 47.6 Å². The Morgan fingerprint density at radius 3 is 2.58 bits per heavy atom. The SMILES string of the molecule is Cc1ccc(C)c(-n2c(C)nnc2SCC(=O)Nc2ccc(I)cc2)c1. The molecule has 0 bridgehead atoms. The van der Waals surface area contributed by atoms with Gasteiger partial charge in [-0.1, -0.05) is 23.9 Å². The predicted octanol–water partition coefficient (Wildman–Crippen LogP) is 4.53. The zero-order valence-electron chi connectivity index (χ0n) is 14.8. The molecule has 2 aromatic carbocycles. The Bertz CT molecular complexity index is 937. The fraction of sp³-hybridized carbons (Fsp3) is 0.211. The molecule has 3 aromatic rings. The molecule has 0 unspecified atom stereocenters. The summed E-state index contributed by atoms with van der Waals surface area (Å²) >= 11 is 3.62. The van der Waals surface area contributed by atoms with E-state index in [1.54, 1.807) is 0 Å². The predicted molar refractivity (Wildman–Crippen MR) is 114 cm³/mol. The summed E-state index contributed by atoms with van der Waals surface area (Å²) in [4.78, 5) is 12.3. The van der Waals surface area contributed by atoms with Crippen molar-refractivity contribution in [3.63, 3.8) is 0 Å². The summed E-state index contributed by atoms with van der Waals surface area (Å²) in [6.07, 6.45) is 0. The van der Waals surface area contributed by atoms with E-state index in [0.717, 1.165) is 26.3 Å². The molecule has 1 aromatic heterocycles. The van der Waals surface area contributed by atoms with E-state index in [2.05, 4.69) is 70.2 Å². The number of nitrogens with one attached hydrogen (secondary N) is 1. The van der Waals surface area contributed by atoms with Crippen LogP contribution in [0.2, 0.25) is 0 Å². The Balaban J connectivity index is 1.74. The maximum Gasteiger partial charge on any atom is 0.234 e. The topological polar surface area (TPSA) is 59.8 Å². The van der Waals surface area contributed by atoms with Gasteiger partial charge in [0.05, 0.1) is 11.4 Å². The van der Waals surface area contributed by atoms with Gasteiger partial charge in [-0.3, -0.25) is 9.36 Å². The molecule has 0 spiro atoms. The van der Waals surface area contributed by atoms with Crippen molar-refractivity contribution in [1.82, 2.24) is 14.8 Å². The molecule has 3 rings (SSSR count). The number of carbonyl (C=O) groups excluding carboxylic acids is 1. The molecule has 1 heterocycles. The van der Waals surface area contributed by atoms with Crippen molar-refractivity contribution in [2.24, 2.45) is 0 Å². The van der Waals surface area contributed by atoms with E-state index in [0.29, 0.717) is 5.16 Å². The third-order valence-electron chi connectivity index (χ3n) is 3.86. The highest BCUT2D eigenvalue weighted by atomic mass is 127. The highest BCUT2D eigenvalue weighted by molar-refractivity contribution is 14.1. The molecule has 0 aliphatic rings. The van der Waals surface area contributed by atoms with Gasteiger partial charge in [-0.25, -0.2) is 0 Å². The van der Waals surface area contributed by atoms with Crippen LogP contribution in [-0.2, 0) is 4.79 Å². The van der Waals surface area contributed by atoms with Crippen molar-refractivity contribution >= 4 is 45.9 Å². The lowest BCUT2D eigenvalue weighted by molar-refractivity contribution is -0.113. The average Bonchev–Trinajstić information content (AvgIpc) is 2.98. The number of rotatable bonds is 5. The Hall–Kier alpha value is -1.87. The molecule has 0 saturated carbocycles. The van der Waals surface area contributed by atoms with Crippen molar-refractivity contribution in [2.45, 2.75) is 25.9 Å². The summed E-state index contributed by atoms with van der Waals surface area (Å²) in [5.74, 6) is 1.01. The minimum Gasteiger partial charge on any atom is -0.325 e. The fourth-order valence-corrected chi connectivity index (χ4v) is 3.68. The lowest BCUT2D eigenvalue weighted by Crippen LogP contribution is -2.14. The van der Waals surface area contributed by atoms with Crippen LogP contribution < -0.4 is 5.32 Å². The van der Waals surface area contributed by atoms with Gasteiger partial charge in [-0.15, -0.1) is 10.2 Å². The largest absolute Gasteiger partial charge is 0.325 e. The highest BCUT2D eigenvalue weighted by Crippen LogP contribution is 2.25. The van der Waals surface area contributed by atoms with Gasteiger partial charge in [0, 0.05) is 9.26 Å². The quantitative estimate of drug-likeness (QED) is 0.433. The summed E-state index contributed by atoms with van der Waals surface area (Å²) in [5.41, 5.74) is 4.16. The lowest BCUT2D eigenvalue weighted by atomic mass is 10.1. The zero-order valence-corrected chi connectivity index (χ0v) is 17.8. The minimum absolute atomic E-state index is 0.0654. The van der Waals surface area contributed by atoms with Gasteiger partial charge in [0.2, 0.25) is 5.91 Å². The van der Waals surface area contributed by atoms with Gasteiger partial charge in [0.25, 0.3) is 0 Å². The Kier molecular flexibility index (Phi) is 5.98. The van der Waals surface area contributed by atoms with E-state index in [-0.39, 0.29) is 11.7 Å². The number of aryl methyl sites for hydroxylation is 3. The van der Waals surface area contributed by atoms with Crippen LogP contribution in [0, 0.1) is 24.3 Å². The normalized spacial score (nSPS) is 10.8. The Morgan fingerprint density at radius 2 is 1.85 bits per heavy atom. The van der Waals surface area contributed by atoms with E-state index in [1.807, 2.05) is 35.8 Å². The number of nitrogens with zero attached hydrogens (tertiary/aromatic N) is 3. The summed E-state index contributed by atoms with van der Waals surface area (Å²) in [6.45, 7) is 6.04. The first-order chi connectivity index (χ1) is 12.4. The molecule has 0 saturated heterocycles. The maximum absolute atomic E-state index is 12.3. The zero-order chi connectivity index (χ0) is 18.7. The molecular weight excluding hydrogens is 459 g/mol. The van der Waals surface area contributed by atoms with Crippen LogP contribution in [0.4, 0.5) is 5.69 Å². The van der Waals surface area contributed by atoms with E-state index in [4.69, 9.17) is 0 Å². The van der Waals surface area contributed by atoms with E-state index in [1.165, 1.54) is 17.3 Å². The highest BCUT2D eigenvalue weighted by Gasteiger charge is 2.15. The molecule has 26 heavy (non-hydrogen) atoms. The molecule has 5 nitrogen and oxygen atoms in total. The second kappa shape index (κ2) is 8.22. The van der Waals surface area contributed by atoms with Gasteiger partial charge in [0.1, 0.15) is 5.82 Å². The van der Waals surface area contributed by atoms with E-state index < -0.39 is 0 Å². The number of halogens is 1. The van der Waals surface area contributed by atoms with Crippen molar-refractivity contribution in [3.05, 3.63) is 63.0 Å². The van der Waals surface area contributed by atoms with Crippen molar-refractivity contribution in [2.75, 3.05) is 11.1 Å². The first-order valence-electron chi connectivity index (χ1n) is 8.12. The molecular formula is C19H19IN4OS. The molecule has 1 amide bonds. The summed E-state index contributed by atoms with van der Waals surface area (Å²) in [5, 5.41) is 12.1. The first kappa shape index (κ1) is 18.9. The van der Waals surface area contributed by atoms with Gasteiger partial charge in [-0.05, 0) is 84.8 Å². The van der Waals surface area contributed by atoms with Crippen LogP contribution >= 0.6 is 34.4 Å². The number of thioether (sulfide) groups is 1. The molecule has 0 atom stereocenters. The third-order valence-corrected chi connectivity index (χ3v) is 5.51. The van der Waals surface area contributed by atoms with Gasteiger partial charge >= 0.3 is 0 Å². The van der Waals surface area contributed by atoms with Crippen LogP contribution in [0.5, 0.6) is 0 Å². The summed E-state index contributed by atoms with van der Waals surface area (Å²) in [7, 11) is 0. The van der Waals surface area contributed by atoms with Crippen molar-refractivity contribution < 1.29 is 4.79 Å². The molecule has 0 fully saturated rings. The van der Waals surface area contributed by atoms with Crippen molar-refractivity contribution in [3.8, 4) is 5.69 Å². The Morgan fingerprint density at radius 1 is 1.12 bits per heavy atom. The van der Waals surface area contributed by atoms with Gasteiger partial charge < -0.3 is 5.32 Å². The van der Waals surface area contributed by atoms with E-state index in [9.17, 15) is 4.79 Å². The molecule has 1 N–H and O–H groups in total. The standard InChI is InChI=1S/C19H19IN4OS/c1-12-4-5-13(2)17(10-12)24-14(3)22-23-19(24)26-11-18(25)21-16-8-6-15(20)7-9-16/h4-10H,11H2,1-3H3,(H,21,25). The smallest absolute Gasteiger partial charge is 0.234 e. The van der Waals surface area contributed by atoms with Crippen LogP contribution in [-0.4, -0.2) is 26.4 Å². The van der Waals surface area contributed by atoms with Gasteiger partial charge in [0.15, 0.2) is 5.16 Å². The minimum atomic E-state index is -0.0654. The molecule has 0 radical (unpaired) electrons. The number of aromatic nitrogens is 3.